The number of hydrogen-bond donors (Lipinski definition) is 1. The standard InChI is InChI=1S/C14H25N3O/c1-14(2,5-7-18-3)10-17-11-16-9-13(17)12-4-6-15-8-12/h9,11-12,15H,4-8,10H2,1-3H3. The van der Waals surface area contributed by atoms with Gasteiger partial charge in [0.1, 0.15) is 0 Å². The van der Waals surface area contributed by atoms with E-state index in [-0.39, 0.29) is 5.41 Å². The number of nitrogens with zero attached hydrogens (tertiary/aromatic N) is 2. The zero-order valence-corrected chi connectivity index (χ0v) is 11.8. The summed E-state index contributed by atoms with van der Waals surface area (Å²) >= 11 is 0. The number of ether oxygens (including phenoxy) is 1. The highest BCUT2D eigenvalue weighted by molar-refractivity contribution is 5.09. The molecule has 1 aromatic rings. The molecule has 0 amide bonds. The predicted octanol–water partition coefficient (Wildman–Crippen LogP) is 2.02. The second-order valence-electron chi connectivity index (χ2n) is 6.04. The van der Waals surface area contributed by atoms with Crippen LogP contribution < -0.4 is 5.32 Å². The average Bonchev–Trinajstić information content (AvgIpc) is 2.95. The molecule has 1 fully saturated rings. The third-order valence-corrected chi connectivity index (χ3v) is 3.80. The Morgan fingerprint density at radius 2 is 2.39 bits per heavy atom. The largest absolute Gasteiger partial charge is 0.385 e. The first-order chi connectivity index (χ1) is 8.62. The maximum Gasteiger partial charge on any atom is 0.0948 e. The van der Waals surface area contributed by atoms with Gasteiger partial charge in [-0.15, -0.1) is 0 Å². The molecular weight excluding hydrogens is 226 g/mol. The number of methoxy groups -OCH3 is 1. The highest BCUT2D eigenvalue weighted by Crippen LogP contribution is 2.27. The second-order valence-corrected chi connectivity index (χ2v) is 6.04. The van der Waals surface area contributed by atoms with Crippen molar-refractivity contribution in [1.82, 2.24) is 14.9 Å². The monoisotopic (exact) mass is 251 g/mol. The van der Waals surface area contributed by atoms with Crippen LogP contribution in [0.25, 0.3) is 0 Å². The molecule has 102 valence electrons. The van der Waals surface area contributed by atoms with Crippen LogP contribution >= 0.6 is 0 Å². The Hall–Kier alpha value is -0.870. The molecule has 2 rings (SSSR count). The molecule has 0 spiro atoms. The first-order valence-corrected chi connectivity index (χ1v) is 6.82. The molecule has 1 N–H and O–H groups in total. The van der Waals surface area contributed by atoms with E-state index in [1.54, 1.807) is 7.11 Å². The summed E-state index contributed by atoms with van der Waals surface area (Å²) in [5.74, 6) is 0.630. The zero-order valence-electron chi connectivity index (χ0n) is 11.8. The van der Waals surface area contributed by atoms with Gasteiger partial charge in [-0.25, -0.2) is 4.98 Å². The van der Waals surface area contributed by atoms with Crippen molar-refractivity contribution in [2.45, 2.75) is 39.2 Å². The molecule has 4 nitrogen and oxygen atoms in total. The fourth-order valence-corrected chi connectivity index (χ4v) is 2.63. The summed E-state index contributed by atoms with van der Waals surface area (Å²) in [6.45, 7) is 8.64. The van der Waals surface area contributed by atoms with Crippen molar-refractivity contribution >= 4 is 0 Å². The molecule has 1 unspecified atom stereocenters. The number of imidazole rings is 1. The normalized spacial score (nSPS) is 20.5. The van der Waals surface area contributed by atoms with Gasteiger partial charge in [0.15, 0.2) is 0 Å². The molecular formula is C14H25N3O. The van der Waals surface area contributed by atoms with Gasteiger partial charge in [-0.05, 0) is 24.8 Å². The van der Waals surface area contributed by atoms with Crippen LogP contribution in [-0.2, 0) is 11.3 Å². The van der Waals surface area contributed by atoms with Crippen LogP contribution in [0, 0.1) is 5.41 Å². The van der Waals surface area contributed by atoms with E-state index in [1.165, 1.54) is 12.1 Å². The summed E-state index contributed by atoms with van der Waals surface area (Å²) in [5, 5.41) is 3.42. The third kappa shape index (κ3) is 3.33. The van der Waals surface area contributed by atoms with Gasteiger partial charge in [0, 0.05) is 44.6 Å². The Morgan fingerprint density at radius 1 is 1.56 bits per heavy atom. The molecule has 0 bridgehead atoms. The molecule has 0 radical (unpaired) electrons. The highest BCUT2D eigenvalue weighted by Gasteiger charge is 2.24. The van der Waals surface area contributed by atoms with Crippen LogP contribution in [0.4, 0.5) is 0 Å². The molecule has 4 heteroatoms. The highest BCUT2D eigenvalue weighted by atomic mass is 16.5. The molecule has 0 saturated carbocycles. The Kier molecular flexibility index (Phi) is 4.40. The summed E-state index contributed by atoms with van der Waals surface area (Å²) in [5.41, 5.74) is 1.63. The minimum Gasteiger partial charge on any atom is -0.385 e. The predicted molar refractivity (Wildman–Crippen MR) is 72.7 cm³/mol. The molecule has 0 aromatic carbocycles. The van der Waals surface area contributed by atoms with Crippen LogP contribution in [0.2, 0.25) is 0 Å². The molecule has 1 aliphatic heterocycles. The van der Waals surface area contributed by atoms with Gasteiger partial charge >= 0.3 is 0 Å². The van der Waals surface area contributed by atoms with Gasteiger partial charge in [0.05, 0.1) is 6.33 Å². The average molecular weight is 251 g/mol. The minimum atomic E-state index is 0.248. The molecule has 1 atom stereocenters. The molecule has 1 aliphatic rings. The summed E-state index contributed by atoms with van der Waals surface area (Å²) in [6.07, 6.45) is 6.31. The van der Waals surface area contributed by atoms with E-state index in [4.69, 9.17) is 4.74 Å². The van der Waals surface area contributed by atoms with Crippen molar-refractivity contribution in [2.75, 3.05) is 26.8 Å². The Labute approximate surface area is 110 Å². The smallest absolute Gasteiger partial charge is 0.0948 e. The van der Waals surface area contributed by atoms with Crippen molar-refractivity contribution in [1.29, 1.82) is 0 Å². The first kappa shape index (κ1) is 13.6. The molecule has 2 heterocycles. The van der Waals surface area contributed by atoms with Crippen molar-refractivity contribution in [3.8, 4) is 0 Å². The number of aromatic nitrogens is 2. The zero-order chi connectivity index (χ0) is 13.0. The second kappa shape index (κ2) is 5.85. The number of nitrogens with one attached hydrogen (secondary N) is 1. The maximum atomic E-state index is 5.19. The van der Waals surface area contributed by atoms with Crippen molar-refractivity contribution < 1.29 is 4.74 Å². The van der Waals surface area contributed by atoms with Crippen LogP contribution in [0.1, 0.15) is 38.3 Å². The van der Waals surface area contributed by atoms with Crippen LogP contribution in [0.15, 0.2) is 12.5 Å². The maximum absolute atomic E-state index is 5.19. The Morgan fingerprint density at radius 3 is 3.06 bits per heavy atom. The molecule has 0 aliphatic carbocycles. The lowest BCUT2D eigenvalue weighted by atomic mass is 9.89. The van der Waals surface area contributed by atoms with E-state index in [0.29, 0.717) is 5.92 Å². The lowest BCUT2D eigenvalue weighted by Gasteiger charge is -2.26. The van der Waals surface area contributed by atoms with Gasteiger partial charge in [-0.1, -0.05) is 13.8 Å². The van der Waals surface area contributed by atoms with Gasteiger partial charge in [-0.3, -0.25) is 0 Å². The fourth-order valence-electron chi connectivity index (χ4n) is 2.63. The lowest BCUT2D eigenvalue weighted by Crippen LogP contribution is -2.23. The number of rotatable bonds is 6. The minimum absolute atomic E-state index is 0.248. The van der Waals surface area contributed by atoms with Gasteiger partial charge in [0.2, 0.25) is 0 Å². The SMILES string of the molecule is COCCC(C)(C)Cn1cncc1C1CCNC1. The van der Waals surface area contributed by atoms with E-state index < -0.39 is 0 Å². The summed E-state index contributed by atoms with van der Waals surface area (Å²) in [7, 11) is 1.77. The van der Waals surface area contributed by atoms with E-state index in [0.717, 1.165) is 32.7 Å². The van der Waals surface area contributed by atoms with Crippen LogP contribution in [-0.4, -0.2) is 36.4 Å². The molecule has 18 heavy (non-hydrogen) atoms. The van der Waals surface area contributed by atoms with E-state index in [1.807, 2.05) is 12.5 Å². The van der Waals surface area contributed by atoms with Crippen molar-refractivity contribution in [3.05, 3.63) is 18.2 Å². The van der Waals surface area contributed by atoms with Crippen molar-refractivity contribution in [2.24, 2.45) is 5.41 Å². The quantitative estimate of drug-likeness (QED) is 0.841. The summed E-state index contributed by atoms with van der Waals surface area (Å²) in [4.78, 5) is 4.34. The van der Waals surface area contributed by atoms with E-state index in [2.05, 4.69) is 28.7 Å². The first-order valence-electron chi connectivity index (χ1n) is 6.82. The topological polar surface area (TPSA) is 39.1 Å². The van der Waals surface area contributed by atoms with Crippen LogP contribution in [0.5, 0.6) is 0 Å². The van der Waals surface area contributed by atoms with Crippen LogP contribution in [0.3, 0.4) is 0 Å². The van der Waals surface area contributed by atoms with E-state index in [9.17, 15) is 0 Å². The number of hydrogen-bond acceptors (Lipinski definition) is 3. The molecule has 1 aromatic heterocycles. The van der Waals surface area contributed by atoms with Crippen molar-refractivity contribution in [3.63, 3.8) is 0 Å². The fraction of sp³-hybridized carbons (Fsp3) is 0.786. The third-order valence-electron chi connectivity index (χ3n) is 3.80. The summed E-state index contributed by atoms with van der Waals surface area (Å²) < 4.78 is 7.52. The van der Waals surface area contributed by atoms with Gasteiger partial charge < -0.3 is 14.6 Å². The lowest BCUT2D eigenvalue weighted by molar-refractivity contribution is 0.142. The molecule has 1 saturated heterocycles. The van der Waals surface area contributed by atoms with Gasteiger partial charge in [-0.2, -0.15) is 0 Å². The van der Waals surface area contributed by atoms with E-state index >= 15 is 0 Å². The Balaban J connectivity index is 2.02. The Bertz CT molecular complexity index is 367. The van der Waals surface area contributed by atoms with Gasteiger partial charge in [0.25, 0.3) is 0 Å². The summed E-state index contributed by atoms with van der Waals surface area (Å²) in [6, 6.07) is 0.